The van der Waals surface area contributed by atoms with Crippen LogP contribution in [0, 0.1) is 5.92 Å². The lowest BCUT2D eigenvalue weighted by Gasteiger charge is -2.23. The number of hydrogen-bond donors (Lipinski definition) is 1. The molecule has 1 aliphatic carbocycles. The van der Waals surface area contributed by atoms with Crippen molar-refractivity contribution in [2.75, 3.05) is 18.5 Å². The van der Waals surface area contributed by atoms with Crippen LogP contribution in [0.25, 0.3) is 0 Å². The molecule has 1 aliphatic rings. The zero-order valence-electron chi connectivity index (χ0n) is 10.5. The normalized spacial score (nSPS) is 15.9. The van der Waals surface area contributed by atoms with Crippen LogP contribution in [0.2, 0.25) is 5.02 Å². The van der Waals surface area contributed by atoms with Crippen LogP contribution in [0.1, 0.15) is 36.0 Å². The van der Waals surface area contributed by atoms with E-state index in [-0.39, 0.29) is 0 Å². The van der Waals surface area contributed by atoms with Crippen LogP contribution in [0.5, 0.6) is 0 Å². The predicted octanol–water partition coefficient (Wildman–Crippen LogP) is 2.46. The maximum atomic E-state index is 11.0. The zero-order valence-corrected chi connectivity index (χ0v) is 11.3. The van der Waals surface area contributed by atoms with Crippen molar-refractivity contribution in [2.45, 2.75) is 25.7 Å². The van der Waals surface area contributed by atoms with E-state index in [0.29, 0.717) is 16.4 Å². The largest absolute Gasteiger partial charge is 0.366 e. The minimum Gasteiger partial charge on any atom is -0.366 e. The molecule has 1 aromatic rings. The first-order valence-electron chi connectivity index (χ1n) is 6.24. The first-order chi connectivity index (χ1) is 8.58. The van der Waals surface area contributed by atoms with Crippen molar-refractivity contribution in [1.29, 1.82) is 0 Å². The molecule has 1 amide bonds. The van der Waals surface area contributed by atoms with E-state index in [4.69, 9.17) is 17.3 Å². The molecular formula is C13H18ClN3O. The van der Waals surface area contributed by atoms with E-state index in [1.165, 1.54) is 31.9 Å². The second kappa shape index (κ2) is 5.57. The average Bonchev–Trinajstić information content (AvgIpc) is 2.81. The van der Waals surface area contributed by atoms with Crippen LogP contribution in [0.4, 0.5) is 5.82 Å². The molecule has 0 saturated heterocycles. The maximum absolute atomic E-state index is 11.0. The summed E-state index contributed by atoms with van der Waals surface area (Å²) in [7, 11) is 1.98. The van der Waals surface area contributed by atoms with E-state index in [0.717, 1.165) is 12.5 Å². The number of hydrogen-bond acceptors (Lipinski definition) is 3. The van der Waals surface area contributed by atoms with Crippen LogP contribution in [0.3, 0.4) is 0 Å². The number of nitrogens with zero attached hydrogens (tertiary/aromatic N) is 2. The molecule has 98 valence electrons. The van der Waals surface area contributed by atoms with Gasteiger partial charge in [-0.05, 0) is 24.8 Å². The number of carbonyl (C=O) groups excluding carboxylic acids is 1. The fourth-order valence-corrected chi connectivity index (χ4v) is 2.82. The summed E-state index contributed by atoms with van der Waals surface area (Å²) >= 11 is 6.14. The highest BCUT2D eigenvalue weighted by atomic mass is 35.5. The Morgan fingerprint density at radius 2 is 2.22 bits per heavy atom. The number of rotatable bonds is 4. The van der Waals surface area contributed by atoms with E-state index < -0.39 is 5.91 Å². The molecule has 0 atom stereocenters. The Morgan fingerprint density at radius 3 is 2.78 bits per heavy atom. The molecule has 0 unspecified atom stereocenters. The summed E-state index contributed by atoms with van der Waals surface area (Å²) in [5.74, 6) is 0.937. The Kier molecular flexibility index (Phi) is 4.07. The van der Waals surface area contributed by atoms with Gasteiger partial charge in [-0.3, -0.25) is 4.79 Å². The summed E-state index contributed by atoms with van der Waals surface area (Å²) in [6, 6.07) is 1.58. The van der Waals surface area contributed by atoms with Crippen molar-refractivity contribution in [3.05, 3.63) is 22.8 Å². The first kappa shape index (κ1) is 13.1. The molecule has 0 aromatic carbocycles. The fourth-order valence-electron chi connectivity index (χ4n) is 2.51. The SMILES string of the molecule is CN(CC1CCCC1)c1ncc(C(N)=O)cc1Cl. The molecule has 1 aromatic heterocycles. The lowest BCUT2D eigenvalue weighted by atomic mass is 10.1. The van der Waals surface area contributed by atoms with Crippen LogP contribution in [0.15, 0.2) is 12.3 Å². The van der Waals surface area contributed by atoms with Gasteiger partial charge in [0.05, 0.1) is 10.6 Å². The Hall–Kier alpha value is -1.29. The van der Waals surface area contributed by atoms with Gasteiger partial charge in [-0.15, -0.1) is 0 Å². The summed E-state index contributed by atoms with van der Waals surface area (Å²) in [6.07, 6.45) is 6.68. The minimum atomic E-state index is -0.505. The van der Waals surface area contributed by atoms with Gasteiger partial charge < -0.3 is 10.6 Å². The summed E-state index contributed by atoms with van der Waals surface area (Å²) in [5.41, 5.74) is 5.54. The molecule has 0 bridgehead atoms. The van der Waals surface area contributed by atoms with Gasteiger partial charge in [0, 0.05) is 19.8 Å². The molecule has 0 aliphatic heterocycles. The van der Waals surface area contributed by atoms with E-state index in [1.807, 2.05) is 7.05 Å². The van der Waals surface area contributed by atoms with Crippen molar-refractivity contribution in [2.24, 2.45) is 11.7 Å². The van der Waals surface area contributed by atoms with Crippen LogP contribution >= 0.6 is 11.6 Å². The smallest absolute Gasteiger partial charge is 0.250 e. The van der Waals surface area contributed by atoms with E-state index in [2.05, 4.69) is 9.88 Å². The van der Waals surface area contributed by atoms with Gasteiger partial charge in [0.2, 0.25) is 5.91 Å². The minimum absolute atomic E-state index is 0.345. The molecule has 1 saturated carbocycles. The molecule has 1 heterocycles. The standard InChI is InChI=1S/C13H18ClN3O/c1-17(8-9-4-2-3-5-9)13-11(14)6-10(7-16-13)12(15)18/h6-7,9H,2-5,8H2,1H3,(H2,15,18). The number of aromatic nitrogens is 1. The monoisotopic (exact) mass is 267 g/mol. The average molecular weight is 268 g/mol. The molecule has 18 heavy (non-hydrogen) atoms. The summed E-state index contributed by atoms with van der Waals surface area (Å²) in [6.45, 7) is 0.961. The van der Waals surface area contributed by atoms with Crippen LogP contribution in [-0.4, -0.2) is 24.5 Å². The molecule has 0 spiro atoms. The number of anilines is 1. The number of nitrogens with two attached hydrogens (primary N) is 1. The van der Waals surface area contributed by atoms with Crippen LogP contribution in [-0.2, 0) is 0 Å². The van der Waals surface area contributed by atoms with E-state index in [9.17, 15) is 4.79 Å². The molecular weight excluding hydrogens is 250 g/mol. The Morgan fingerprint density at radius 1 is 1.56 bits per heavy atom. The number of primary amides is 1. The lowest BCUT2D eigenvalue weighted by molar-refractivity contribution is 0.1000. The van der Waals surface area contributed by atoms with E-state index >= 15 is 0 Å². The van der Waals surface area contributed by atoms with Gasteiger partial charge in [0.25, 0.3) is 0 Å². The lowest BCUT2D eigenvalue weighted by Crippen LogP contribution is -2.25. The maximum Gasteiger partial charge on any atom is 0.250 e. The van der Waals surface area contributed by atoms with Gasteiger partial charge in [-0.1, -0.05) is 24.4 Å². The molecule has 2 N–H and O–H groups in total. The van der Waals surface area contributed by atoms with Crippen molar-refractivity contribution >= 4 is 23.3 Å². The topological polar surface area (TPSA) is 59.2 Å². The van der Waals surface area contributed by atoms with Gasteiger partial charge in [-0.25, -0.2) is 4.98 Å². The van der Waals surface area contributed by atoms with Crippen molar-refractivity contribution in [3.8, 4) is 0 Å². The third-order valence-corrected chi connectivity index (χ3v) is 3.75. The summed E-state index contributed by atoms with van der Waals surface area (Å²) < 4.78 is 0. The molecule has 2 rings (SSSR count). The van der Waals surface area contributed by atoms with Crippen LogP contribution < -0.4 is 10.6 Å². The number of amides is 1. The summed E-state index contributed by atoms with van der Waals surface area (Å²) in [4.78, 5) is 17.3. The zero-order chi connectivity index (χ0) is 13.1. The van der Waals surface area contributed by atoms with Gasteiger partial charge in [0.15, 0.2) is 0 Å². The molecule has 1 fully saturated rings. The first-order valence-corrected chi connectivity index (χ1v) is 6.62. The predicted molar refractivity (Wildman–Crippen MR) is 73.0 cm³/mol. The highest BCUT2D eigenvalue weighted by molar-refractivity contribution is 6.33. The second-order valence-corrected chi connectivity index (χ2v) is 5.33. The number of carbonyl (C=O) groups is 1. The van der Waals surface area contributed by atoms with Crippen molar-refractivity contribution < 1.29 is 4.79 Å². The second-order valence-electron chi connectivity index (χ2n) is 4.92. The molecule has 4 nitrogen and oxygen atoms in total. The Labute approximate surface area is 112 Å². The quantitative estimate of drug-likeness (QED) is 0.912. The molecule has 0 radical (unpaired) electrons. The van der Waals surface area contributed by atoms with E-state index in [1.54, 1.807) is 6.07 Å². The third-order valence-electron chi connectivity index (χ3n) is 3.47. The van der Waals surface area contributed by atoms with Gasteiger partial charge in [-0.2, -0.15) is 0 Å². The highest BCUT2D eigenvalue weighted by Crippen LogP contribution is 2.29. The Bertz CT molecular complexity index is 444. The van der Waals surface area contributed by atoms with Crippen molar-refractivity contribution in [1.82, 2.24) is 4.98 Å². The fraction of sp³-hybridized carbons (Fsp3) is 0.538. The summed E-state index contributed by atoms with van der Waals surface area (Å²) in [5, 5.41) is 0.479. The Balaban J connectivity index is 2.09. The third kappa shape index (κ3) is 2.93. The van der Waals surface area contributed by atoms with Gasteiger partial charge >= 0.3 is 0 Å². The number of pyridine rings is 1. The van der Waals surface area contributed by atoms with Crippen molar-refractivity contribution in [3.63, 3.8) is 0 Å². The highest BCUT2D eigenvalue weighted by Gasteiger charge is 2.19. The number of halogens is 1. The molecule has 5 heteroatoms. The van der Waals surface area contributed by atoms with Gasteiger partial charge in [0.1, 0.15) is 5.82 Å².